The van der Waals surface area contributed by atoms with Crippen molar-refractivity contribution in [2.24, 2.45) is 4.99 Å². The Balaban J connectivity index is 1.55. The molecule has 0 bridgehead atoms. The molecule has 39 heavy (non-hydrogen) atoms. The van der Waals surface area contributed by atoms with Gasteiger partial charge in [-0.25, -0.2) is 9.79 Å². The van der Waals surface area contributed by atoms with Gasteiger partial charge in [-0.05, 0) is 66.2 Å². The van der Waals surface area contributed by atoms with E-state index in [4.69, 9.17) is 24.3 Å². The fourth-order valence-corrected chi connectivity index (χ4v) is 5.03. The molecule has 2 amide bonds. The first-order valence-electron chi connectivity index (χ1n) is 11.9. The van der Waals surface area contributed by atoms with E-state index in [2.05, 4.69) is 5.32 Å². The Bertz CT molecular complexity index is 1390. The van der Waals surface area contributed by atoms with E-state index in [-0.39, 0.29) is 30.3 Å². The van der Waals surface area contributed by atoms with Crippen LogP contribution in [0.5, 0.6) is 17.2 Å². The van der Waals surface area contributed by atoms with Crippen LogP contribution in [0.2, 0.25) is 0 Å². The Morgan fingerprint density at radius 2 is 1.64 bits per heavy atom. The monoisotopic (exact) mass is 549 g/mol. The van der Waals surface area contributed by atoms with E-state index in [1.165, 1.54) is 36.0 Å². The molecule has 1 fully saturated rings. The summed E-state index contributed by atoms with van der Waals surface area (Å²) in [6, 6.07) is 18.3. The van der Waals surface area contributed by atoms with Crippen molar-refractivity contribution < 1.29 is 33.7 Å². The number of hydrogen-bond donors (Lipinski definition) is 2. The van der Waals surface area contributed by atoms with Gasteiger partial charge in [-0.1, -0.05) is 17.8 Å². The van der Waals surface area contributed by atoms with Gasteiger partial charge in [0, 0.05) is 12.1 Å². The van der Waals surface area contributed by atoms with Crippen molar-refractivity contribution in [3.8, 4) is 17.2 Å². The number of aliphatic imine (C=N–C) groups is 1. The summed E-state index contributed by atoms with van der Waals surface area (Å²) in [6.07, 6.45) is -0.0890. The first kappa shape index (κ1) is 27.5. The largest absolute Gasteiger partial charge is 0.497 e. The van der Waals surface area contributed by atoms with E-state index in [1.807, 2.05) is 6.07 Å². The van der Waals surface area contributed by atoms with Crippen LogP contribution in [0.3, 0.4) is 0 Å². The molecule has 10 nitrogen and oxygen atoms in total. The van der Waals surface area contributed by atoms with Crippen molar-refractivity contribution >= 4 is 46.1 Å². The second-order valence-electron chi connectivity index (χ2n) is 8.45. The maximum absolute atomic E-state index is 13.5. The minimum absolute atomic E-state index is 0.0890. The van der Waals surface area contributed by atoms with Gasteiger partial charge in [-0.15, -0.1) is 0 Å². The molecule has 3 aromatic rings. The predicted octanol–water partition coefficient (Wildman–Crippen LogP) is 4.57. The number of ether oxygens (including phenoxy) is 3. The Labute approximate surface area is 229 Å². The van der Waals surface area contributed by atoms with Gasteiger partial charge in [0.15, 0.2) is 16.7 Å². The number of carbonyl (C=O) groups is 3. The first-order valence-corrected chi connectivity index (χ1v) is 12.7. The summed E-state index contributed by atoms with van der Waals surface area (Å²) in [7, 11) is 4.67. The maximum Gasteiger partial charge on any atom is 0.335 e. The van der Waals surface area contributed by atoms with Crippen molar-refractivity contribution in [2.75, 3.05) is 26.6 Å². The molecule has 202 valence electrons. The van der Waals surface area contributed by atoms with Gasteiger partial charge in [0.25, 0.3) is 0 Å². The zero-order chi connectivity index (χ0) is 27.9. The molecular weight excluding hydrogens is 522 g/mol. The summed E-state index contributed by atoms with van der Waals surface area (Å²) in [5.41, 5.74) is 1.98. The number of thioether (sulfide) groups is 1. The lowest BCUT2D eigenvalue weighted by Crippen LogP contribution is -2.33. The summed E-state index contributed by atoms with van der Waals surface area (Å²) in [5.74, 6) is 0.106. The lowest BCUT2D eigenvalue weighted by atomic mass is 10.1. The van der Waals surface area contributed by atoms with Crippen LogP contribution >= 0.6 is 11.8 Å². The summed E-state index contributed by atoms with van der Waals surface area (Å²) in [4.78, 5) is 43.6. The highest BCUT2D eigenvalue weighted by molar-refractivity contribution is 8.15. The quantitative estimate of drug-likeness (QED) is 0.377. The molecule has 3 aromatic carbocycles. The smallest absolute Gasteiger partial charge is 0.335 e. The molecular formula is C28H27N3O7S. The third kappa shape index (κ3) is 6.68. The number of carboxylic acids is 1. The molecule has 0 aliphatic carbocycles. The van der Waals surface area contributed by atoms with Crippen molar-refractivity contribution in [3.63, 3.8) is 0 Å². The molecule has 1 saturated heterocycles. The lowest BCUT2D eigenvalue weighted by Gasteiger charge is -2.18. The van der Waals surface area contributed by atoms with E-state index >= 15 is 0 Å². The van der Waals surface area contributed by atoms with Crippen LogP contribution in [0, 0.1) is 0 Å². The summed E-state index contributed by atoms with van der Waals surface area (Å²) in [5, 5.41) is 11.5. The van der Waals surface area contributed by atoms with Crippen LogP contribution in [-0.2, 0) is 16.1 Å². The number of hydrogen-bond acceptors (Lipinski definition) is 8. The average molecular weight is 550 g/mol. The fraction of sp³-hybridized carbons (Fsp3) is 0.214. The van der Waals surface area contributed by atoms with E-state index in [1.54, 1.807) is 62.6 Å². The van der Waals surface area contributed by atoms with Crippen LogP contribution < -0.4 is 19.5 Å². The van der Waals surface area contributed by atoms with E-state index in [0.717, 1.165) is 5.56 Å². The predicted molar refractivity (Wildman–Crippen MR) is 148 cm³/mol. The number of carboxylic acid groups (broad SMARTS) is 1. The van der Waals surface area contributed by atoms with Crippen molar-refractivity contribution in [1.82, 2.24) is 4.90 Å². The van der Waals surface area contributed by atoms with Crippen molar-refractivity contribution in [1.29, 1.82) is 0 Å². The van der Waals surface area contributed by atoms with Crippen LogP contribution in [0.1, 0.15) is 22.3 Å². The molecule has 0 aromatic heterocycles. The molecule has 2 N–H and O–H groups in total. The second kappa shape index (κ2) is 12.4. The number of amidine groups is 1. The molecule has 1 aliphatic rings. The maximum atomic E-state index is 13.5. The normalized spacial score (nSPS) is 15.8. The number of rotatable bonds is 10. The number of benzene rings is 3. The molecule has 1 atom stereocenters. The van der Waals surface area contributed by atoms with Crippen molar-refractivity contribution in [3.05, 3.63) is 77.9 Å². The number of nitrogens with zero attached hydrogens (tertiary/aromatic N) is 2. The molecule has 11 heteroatoms. The van der Waals surface area contributed by atoms with Crippen LogP contribution in [-0.4, -0.2) is 59.5 Å². The van der Waals surface area contributed by atoms with Gasteiger partial charge in [0.1, 0.15) is 11.0 Å². The van der Waals surface area contributed by atoms with Gasteiger partial charge in [-0.2, -0.15) is 0 Å². The molecule has 0 radical (unpaired) electrons. The third-order valence-corrected chi connectivity index (χ3v) is 7.07. The average Bonchev–Trinajstić information content (AvgIpc) is 3.22. The number of carbonyl (C=O) groups excluding carboxylic acids is 2. The van der Waals surface area contributed by atoms with Crippen LogP contribution in [0.15, 0.2) is 71.7 Å². The molecule has 0 saturated carbocycles. The van der Waals surface area contributed by atoms with E-state index in [0.29, 0.717) is 33.8 Å². The number of amides is 2. The summed E-state index contributed by atoms with van der Waals surface area (Å²) >= 11 is 1.21. The Hall–Kier alpha value is -4.51. The molecule has 4 rings (SSSR count). The third-order valence-electron chi connectivity index (χ3n) is 5.89. The highest BCUT2D eigenvalue weighted by Crippen LogP contribution is 2.35. The molecule has 1 aliphatic heterocycles. The Morgan fingerprint density at radius 3 is 2.26 bits per heavy atom. The van der Waals surface area contributed by atoms with Crippen LogP contribution in [0.4, 0.5) is 11.4 Å². The minimum atomic E-state index is -1.06. The molecule has 1 heterocycles. The summed E-state index contributed by atoms with van der Waals surface area (Å²) in [6.45, 7) is 0.218. The number of methoxy groups -OCH3 is 3. The Morgan fingerprint density at radius 1 is 0.949 bits per heavy atom. The number of anilines is 1. The fourth-order valence-electron chi connectivity index (χ4n) is 3.88. The van der Waals surface area contributed by atoms with Gasteiger partial charge in [0.05, 0.1) is 39.1 Å². The standard InChI is InChI=1S/C28H27N3O7S/c1-36-21-11-9-20(10-12-21)30-28-31(16-17-4-13-22(37-2)23(14-17)38-3)26(33)24(39-28)15-25(32)29-19-7-5-18(6-8-19)27(34)35/h4-14,24H,15-16H2,1-3H3,(H,29,32)(H,34,35). The zero-order valence-corrected chi connectivity index (χ0v) is 22.4. The second-order valence-corrected chi connectivity index (χ2v) is 9.62. The van der Waals surface area contributed by atoms with Gasteiger partial charge in [0.2, 0.25) is 11.8 Å². The van der Waals surface area contributed by atoms with Gasteiger partial charge < -0.3 is 24.6 Å². The highest BCUT2D eigenvalue weighted by atomic mass is 32.2. The summed E-state index contributed by atoms with van der Waals surface area (Å²) < 4.78 is 15.9. The van der Waals surface area contributed by atoms with Gasteiger partial charge >= 0.3 is 5.97 Å². The lowest BCUT2D eigenvalue weighted by molar-refractivity contribution is -0.128. The molecule has 0 spiro atoms. The molecule has 1 unspecified atom stereocenters. The zero-order valence-electron chi connectivity index (χ0n) is 21.5. The van der Waals surface area contributed by atoms with E-state index in [9.17, 15) is 14.4 Å². The topological polar surface area (TPSA) is 127 Å². The Kier molecular flexibility index (Phi) is 8.72. The number of aromatic carboxylic acids is 1. The van der Waals surface area contributed by atoms with Gasteiger partial charge in [-0.3, -0.25) is 14.5 Å². The van der Waals surface area contributed by atoms with Crippen molar-refractivity contribution in [2.45, 2.75) is 18.2 Å². The van der Waals surface area contributed by atoms with Crippen LogP contribution in [0.25, 0.3) is 0 Å². The SMILES string of the molecule is COc1ccc(N=C2SC(CC(=O)Nc3ccc(C(=O)O)cc3)C(=O)N2Cc2ccc(OC)c(OC)c2)cc1. The number of nitrogens with one attached hydrogen (secondary N) is 1. The van der Waals surface area contributed by atoms with E-state index < -0.39 is 11.2 Å². The first-order chi connectivity index (χ1) is 18.8. The highest BCUT2D eigenvalue weighted by Gasteiger charge is 2.39. The minimum Gasteiger partial charge on any atom is -0.497 e.